The van der Waals surface area contributed by atoms with Crippen molar-refractivity contribution in [2.75, 3.05) is 6.61 Å². The monoisotopic (exact) mass is 461 g/mol. The number of aromatic nitrogens is 2. The van der Waals surface area contributed by atoms with Crippen molar-refractivity contribution in [1.82, 2.24) is 9.55 Å². The fourth-order valence-electron chi connectivity index (χ4n) is 3.36. The van der Waals surface area contributed by atoms with Crippen molar-refractivity contribution >= 4 is 18.4 Å². The van der Waals surface area contributed by atoms with Gasteiger partial charge in [-0.05, 0) is 18.1 Å². The predicted molar refractivity (Wildman–Crippen MR) is 109 cm³/mol. The molecule has 1 saturated heterocycles. The first-order valence-corrected chi connectivity index (χ1v) is 13.7. The van der Waals surface area contributed by atoms with E-state index in [1.54, 1.807) is 0 Å². The minimum absolute atomic E-state index is 0.190. The molecule has 0 amide bonds. The van der Waals surface area contributed by atoms with Gasteiger partial charge < -0.3 is 20.0 Å². The minimum atomic E-state index is -4.16. The van der Waals surface area contributed by atoms with Crippen LogP contribution in [0.3, 0.4) is 0 Å². The maximum absolute atomic E-state index is 12.5. The minimum Gasteiger partial charge on any atom is -0.406 e. The molecular formula is C17H27N3O8SSi. The van der Waals surface area contributed by atoms with Crippen molar-refractivity contribution < 1.29 is 26.9 Å². The average molecular weight is 462 g/mol. The van der Waals surface area contributed by atoms with E-state index in [2.05, 4.69) is 4.98 Å². The Labute approximate surface area is 174 Å². The molecule has 0 aromatic carbocycles. The number of nitrogens with zero attached hydrogens (tertiary/aromatic N) is 1. The second kappa shape index (κ2) is 7.14. The lowest BCUT2D eigenvalue weighted by Gasteiger charge is -2.43. The molecular weight excluding hydrogens is 434 g/mol. The van der Waals surface area contributed by atoms with Crippen LogP contribution in [0.15, 0.2) is 33.0 Å². The van der Waals surface area contributed by atoms with E-state index >= 15 is 0 Å². The number of nitrogens with two attached hydrogens (primary N) is 1. The third kappa shape index (κ3) is 3.59. The van der Waals surface area contributed by atoms with Crippen LogP contribution in [0.1, 0.15) is 27.0 Å². The van der Waals surface area contributed by atoms with E-state index in [0.29, 0.717) is 0 Å². The molecule has 1 fully saturated rings. The highest BCUT2D eigenvalue weighted by Crippen LogP contribution is 2.51. The summed E-state index contributed by atoms with van der Waals surface area (Å²) >= 11 is 0. The molecule has 2 aliphatic rings. The number of aliphatic hydroxyl groups excluding tert-OH is 1. The number of nitrogens with one attached hydrogen (secondary N) is 1. The highest BCUT2D eigenvalue weighted by Gasteiger charge is 2.66. The van der Waals surface area contributed by atoms with Gasteiger partial charge in [0.05, 0.1) is 17.7 Å². The number of hydrogen-bond donors (Lipinski definition) is 3. The first kappa shape index (κ1) is 22.9. The van der Waals surface area contributed by atoms with Gasteiger partial charge in [-0.2, -0.15) is 8.42 Å². The van der Waals surface area contributed by atoms with Crippen LogP contribution in [0.4, 0.5) is 0 Å². The highest BCUT2D eigenvalue weighted by atomic mass is 32.2. The zero-order chi connectivity index (χ0) is 22.7. The molecule has 168 valence electrons. The zero-order valence-corrected chi connectivity index (χ0v) is 19.2. The summed E-state index contributed by atoms with van der Waals surface area (Å²) in [5.74, 6) is 0. The summed E-state index contributed by atoms with van der Waals surface area (Å²) in [5.41, 5.74) is 2.65. The predicted octanol–water partition coefficient (Wildman–Crippen LogP) is -0.284. The van der Waals surface area contributed by atoms with Gasteiger partial charge in [-0.25, -0.2) is 8.98 Å². The molecule has 4 atom stereocenters. The normalized spacial score (nSPS) is 31.3. The third-order valence-electron chi connectivity index (χ3n) is 5.96. The van der Waals surface area contributed by atoms with Crippen molar-refractivity contribution in [3.63, 3.8) is 0 Å². The number of rotatable bonds is 4. The molecule has 30 heavy (non-hydrogen) atoms. The highest BCUT2D eigenvalue weighted by molar-refractivity contribution is 7.90. The molecule has 3 heterocycles. The first-order chi connectivity index (χ1) is 13.6. The standard InChI is InChI=1S/C17H27N3O8SSi/c1-16(2,3)30(4,5)27-13-14(20-7-6-12(22)19-15(20)23)26-11(8-21)17(13)10(18)9-29(24,25)28-17/h6-7,9,11,13-14,21H,8,18H2,1-5H3,(H,19,22,23)/t11?,13-,14+,17?/m0/s1. The number of aromatic amines is 1. The fraction of sp³-hybridized carbons (Fsp3) is 0.647. The Morgan fingerprint density at radius 2 is 2.00 bits per heavy atom. The molecule has 0 aliphatic carbocycles. The Kier molecular flexibility index (Phi) is 5.45. The summed E-state index contributed by atoms with van der Waals surface area (Å²) in [5, 5.41) is 10.4. The topological polar surface area (TPSA) is 163 Å². The van der Waals surface area contributed by atoms with Crippen LogP contribution in [-0.2, 0) is 23.5 Å². The molecule has 13 heteroatoms. The molecule has 1 spiro atoms. The second-order valence-electron chi connectivity index (χ2n) is 8.96. The van der Waals surface area contributed by atoms with Crippen LogP contribution in [-0.4, -0.2) is 55.8 Å². The molecule has 0 saturated carbocycles. The average Bonchev–Trinajstić information content (AvgIpc) is 3.00. The Morgan fingerprint density at radius 1 is 1.37 bits per heavy atom. The Morgan fingerprint density at radius 3 is 2.47 bits per heavy atom. The quantitative estimate of drug-likeness (QED) is 0.404. The van der Waals surface area contributed by atoms with Gasteiger partial charge in [-0.3, -0.25) is 14.3 Å². The van der Waals surface area contributed by atoms with Crippen LogP contribution in [0.5, 0.6) is 0 Å². The molecule has 0 bridgehead atoms. The van der Waals surface area contributed by atoms with Gasteiger partial charge in [0.1, 0.15) is 12.2 Å². The molecule has 11 nitrogen and oxygen atoms in total. The Hall–Kier alpha value is -1.77. The van der Waals surface area contributed by atoms with Crippen LogP contribution < -0.4 is 17.0 Å². The molecule has 2 aliphatic heterocycles. The Balaban J connectivity index is 2.22. The maximum Gasteiger partial charge on any atom is 0.330 e. The SMILES string of the molecule is CC(C)(C)[Si](C)(C)O[C@H]1[C@H](n2ccc(=O)[nH]c2=O)OC(CO)C12OS(=O)(=O)C=C2N. The molecule has 4 N–H and O–H groups in total. The smallest absolute Gasteiger partial charge is 0.330 e. The molecule has 0 radical (unpaired) electrons. The summed E-state index contributed by atoms with van der Waals surface area (Å²) in [6, 6.07) is 1.12. The largest absolute Gasteiger partial charge is 0.406 e. The summed E-state index contributed by atoms with van der Waals surface area (Å²) < 4.78 is 43.3. The number of aliphatic hydroxyl groups is 1. The van der Waals surface area contributed by atoms with Crippen LogP contribution >= 0.6 is 0 Å². The van der Waals surface area contributed by atoms with E-state index in [1.165, 1.54) is 6.20 Å². The fourth-order valence-corrected chi connectivity index (χ4v) is 5.86. The van der Waals surface area contributed by atoms with Gasteiger partial charge in [0.15, 0.2) is 20.1 Å². The van der Waals surface area contributed by atoms with E-state index < -0.39 is 60.3 Å². The van der Waals surface area contributed by atoms with Crippen molar-refractivity contribution in [3.05, 3.63) is 44.2 Å². The maximum atomic E-state index is 12.5. The van der Waals surface area contributed by atoms with E-state index in [1.807, 2.05) is 33.9 Å². The van der Waals surface area contributed by atoms with E-state index in [4.69, 9.17) is 19.1 Å². The first-order valence-electron chi connectivity index (χ1n) is 9.33. The van der Waals surface area contributed by atoms with Crippen LogP contribution in [0, 0.1) is 0 Å². The van der Waals surface area contributed by atoms with Gasteiger partial charge in [-0.1, -0.05) is 20.8 Å². The summed E-state index contributed by atoms with van der Waals surface area (Å²) in [7, 11) is -6.76. The molecule has 1 aromatic rings. The molecule has 3 rings (SSSR count). The van der Waals surface area contributed by atoms with E-state index in [-0.39, 0.29) is 10.7 Å². The number of H-pyrrole nitrogens is 1. The Bertz CT molecular complexity index is 1090. The molecule has 1 aromatic heterocycles. The van der Waals surface area contributed by atoms with Crippen LogP contribution in [0.25, 0.3) is 0 Å². The summed E-state index contributed by atoms with van der Waals surface area (Å²) in [4.78, 5) is 26.1. The van der Waals surface area contributed by atoms with Gasteiger partial charge in [-0.15, -0.1) is 0 Å². The number of ether oxygens (including phenoxy) is 1. The van der Waals surface area contributed by atoms with E-state index in [9.17, 15) is 23.1 Å². The van der Waals surface area contributed by atoms with Gasteiger partial charge >= 0.3 is 5.69 Å². The van der Waals surface area contributed by atoms with E-state index in [0.717, 1.165) is 16.0 Å². The second-order valence-corrected chi connectivity index (χ2v) is 15.1. The van der Waals surface area contributed by atoms with Gasteiger partial charge in [0.2, 0.25) is 0 Å². The van der Waals surface area contributed by atoms with Gasteiger partial charge in [0.25, 0.3) is 15.7 Å². The van der Waals surface area contributed by atoms with Crippen LogP contribution in [0.2, 0.25) is 18.1 Å². The summed E-state index contributed by atoms with van der Waals surface area (Å²) in [6.07, 6.45) is -2.41. The van der Waals surface area contributed by atoms with Gasteiger partial charge in [0, 0.05) is 12.3 Å². The zero-order valence-electron chi connectivity index (χ0n) is 17.4. The van der Waals surface area contributed by atoms with Crippen molar-refractivity contribution in [2.24, 2.45) is 5.73 Å². The summed E-state index contributed by atoms with van der Waals surface area (Å²) in [6.45, 7) is 9.18. The lowest BCUT2D eigenvalue weighted by atomic mass is 9.89. The number of hydrogen-bond acceptors (Lipinski definition) is 9. The van der Waals surface area contributed by atoms with Crippen molar-refractivity contribution in [1.29, 1.82) is 0 Å². The third-order valence-corrected chi connectivity index (χ3v) is 11.5. The molecule has 2 unspecified atom stereocenters. The lowest BCUT2D eigenvalue weighted by Crippen LogP contribution is -2.58. The van der Waals surface area contributed by atoms with Crippen molar-refractivity contribution in [3.8, 4) is 0 Å². The lowest BCUT2D eigenvalue weighted by molar-refractivity contribution is -0.0587. The van der Waals surface area contributed by atoms with Crippen molar-refractivity contribution in [2.45, 2.75) is 62.9 Å².